The van der Waals surface area contributed by atoms with Crippen LogP contribution in [0.1, 0.15) is 30.2 Å². The molecule has 6 nitrogen and oxygen atoms in total. The molecule has 1 aromatic heterocycles. The van der Waals surface area contributed by atoms with Crippen LogP contribution in [0.15, 0.2) is 30.5 Å². The Morgan fingerprint density at radius 1 is 1.33 bits per heavy atom. The molecule has 0 spiro atoms. The van der Waals surface area contributed by atoms with Gasteiger partial charge in [-0.2, -0.15) is 0 Å². The largest absolute Gasteiger partial charge is 0.378 e. The number of carbonyl (C=O) groups is 1. The number of morpholine rings is 1. The van der Waals surface area contributed by atoms with Crippen molar-refractivity contribution < 1.29 is 9.53 Å². The van der Waals surface area contributed by atoms with Gasteiger partial charge in [0.15, 0.2) is 0 Å². The Morgan fingerprint density at radius 2 is 2.19 bits per heavy atom. The Labute approximate surface area is 160 Å². The number of benzene rings is 1. The van der Waals surface area contributed by atoms with Gasteiger partial charge in [0.1, 0.15) is 0 Å². The summed E-state index contributed by atoms with van der Waals surface area (Å²) in [6.45, 7) is 5.23. The molecule has 1 N–H and O–H groups in total. The molecule has 4 rings (SSSR count). The van der Waals surface area contributed by atoms with Crippen molar-refractivity contribution >= 4 is 17.5 Å². The van der Waals surface area contributed by atoms with Gasteiger partial charge in [-0.1, -0.05) is 19.1 Å². The van der Waals surface area contributed by atoms with Crippen LogP contribution in [-0.4, -0.2) is 42.2 Å². The Kier molecular flexibility index (Phi) is 5.34. The van der Waals surface area contributed by atoms with E-state index in [2.05, 4.69) is 28.2 Å². The number of amides is 1. The second-order valence-electron chi connectivity index (χ2n) is 7.22. The van der Waals surface area contributed by atoms with Crippen LogP contribution in [0.3, 0.4) is 0 Å². The van der Waals surface area contributed by atoms with Crippen LogP contribution >= 0.6 is 0 Å². The maximum atomic E-state index is 12.7. The zero-order chi connectivity index (χ0) is 18.6. The van der Waals surface area contributed by atoms with Crippen molar-refractivity contribution in [2.75, 3.05) is 36.5 Å². The summed E-state index contributed by atoms with van der Waals surface area (Å²) in [7, 11) is 0. The molecule has 1 aromatic carbocycles. The van der Waals surface area contributed by atoms with Gasteiger partial charge in [-0.05, 0) is 48.9 Å². The van der Waals surface area contributed by atoms with Gasteiger partial charge in [-0.15, -0.1) is 0 Å². The Hall–Kier alpha value is -2.47. The zero-order valence-corrected chi connectivity index (χ0v) is 15.8. The molecule has 1 fully saturated rings. The number of hydrogen-bond acceptors (Lipinski definition) is 5. The molecular formula is C21H26N4O2. The topological polar surface area (TPSA) is 67.4 Å². The van der Waals surface area contributed by atoms with Gasteiger partial charge in [0.25, 0.3) is 0 Å². The first-order valence-electron chi connectivity index (χ1n) is 9.80. The van der Waals surface area contributed by atoms with E-state index in [4.69, 9.17) is 9.72 Å². The molecule has 1 amide bonds. The summed E-state index contributed by atoms with van der Waals surface area (Å²) in [6.07, 6.45) is 5.22. The van der Waals surface area contributed by atoms with E-state index >= 15 is 0 Å². The van der Waals surface area contributed by atoms with Gasteiger partial charge in [-0.3, -0.25) is 4.79 Å². The summed E-state index contributed by atoms with van der Waals surface area (Å²) in [5.41, 5.74) is 4.29. The van der Waals surface area contributed by atoms with Crippen LogP contribution in [0.5, 0.6) is 0 Å². The van der Waals surface area contributed by atoms with Crippen LogP contribution in [-0.2, 0) is 28.8 Å². The van der Waals surface area contributed by atoms with E-state index in [0.29, 0.717) is 6.42 Å². The maximum Gasteiger partial charge on any atom is 0.227 e. The smallest absolute Gasteiger partial charge is 0.227 e. The average molecular weight is 366 g/mol. The number of fused-ring (bicyclic) bond motifs is 1. The third-order valence-corrected chi connectivity index (χ3v) is 5.40. The minimum absolute atomic E-state index is 0.0272. The standard InChI is InChI=1S/C21H26N4O2/c1-2-15-4-3-5-18(12-15)23-20(26)16-6-7-19-17(13-16)14-22-21(24-19)25-8-10-27-11-9-25/h3-5,12,14,16H,2,6-11,13H2,1H3,(H,23,26)/t16-/m1/s1. The van der Waals surface area contributed by atoms with Crippen LogP contribution < -0.4 is 10.2 Å². The molecule has 1 atom stereocenters. The normalized spacial score (nSPS) is 19.4. The van der Waals surface area contributed by atoms with E-state index < -0.39 is 0 Å². The molecule has 142 valence electrons. The lowest BCUT2D eigenvalue weighted by molar-refractivity contribution is -0.120. The van der Waals surface area contributed by atoms with E-state index in [1.54, 1.807) is 0 Å². The van der Waals surface area contributed by atoms with Crippen LogP contribution in [0.4, 0.5) is 11.6 Å². The highest BCUT2D eigenvalue weighted by atomic mass is 16.5. The third kappa shape index (κ3) is 4.11. The fraction of sp³-hybridized carbons (Fsp3) is 0.476. The monoisotopic (exact) mass is 366 g/mol. The Balaban J connectivity index is 1.42. The molecule has 1 aliphatic carbocycles. The minimum Gasteiger partial charge on any atom is -0.378 e. The Morgan fingerprint density at radius 3 is 3.00 bits per heavy atom. The lowest BCUT2D eigenvalue weighted by atomic mass is 9.86. The fourth-order valence-electron chi connectivity index (χ4n) is 3.75. The van der Waals surface area contributed by atoms with E-state index in [1.165, 1.54) is 5.56 Å². The molecule has 2 heterocycles. The number of rotatable bonds is 4. The van der Waals surface area contributed by atoms with Crippen molar-refractivity contribution in [3.05, 3.63) is 47.3 Å². The van der Waals surface area contributed by atoms with Crippen molar-refractivity contribution in [2.45, 2.75) is 32.6 Å². The molecule has 0 bridgehead atoms. The van der Waals surface area contributed by atoms with Gasteiger partial charge in [0.2, 0.25) is 11.9 Å². The second kappa shape index (κ2) is 8.05. The number of aromatic nitrogens is 2. The van der Waals surface area contributed by atoms with Gasteiger partial charge in [0, 0.05) is 36.6 Å². The lowest BCUT2D eigenvalue weighted by Crippen LogP contribution is -2.38. The molecule has 1 saturated heterocycles. The fourth-order valence-corrected chi connectivity index (χ4v) is 3.75. The summed E-state index contributed by atoms with van der Waals surface area (Å²) >= 11 is 0. The molecule has 27 heavy (non-hydrogen) atoms. The number of nitrogens with zero attached hydrogens (tertiary/aromatic N) is 3. The first kappa shape index (κ1) is 17.9. The van der Waals surface area contributed by atoms with Gasteiger partial charge in [-0.25, -0.2) is 9.97 Å². The van der Waals surface area contributed by atoms with Crippen molar-refractivity contribution in [3.63, 3.8) is 0 Å². The first-order valence-corrected chi connectivity index (χ1v) is 9.80. The Bertz CT molecular complexity index is 818. The number of hydrogen-bond donors (Lipinski definition) is 1. The molecule has 2 aromatic rings. The number of nitrogens with one attached hydrogen (secondary N) is 1. The number of carbonyl (C=O) groups excluding carboxylic acids is 1. The quantitative estimate of drug-likeness (QED) is 0.901. The molecule has 0 unspecified atom stereocenters. The molecule has 0 saturated carbocycles. The van der Waals surface area contributed by atoms with Crippen LogP contribution in [0, 0.1) is 5.92 Å². The predicted octanol–water partition coefficient (Wildman–Crippen LogP) is 2.62. The number of aryl methyl sites for hydroxylation is 2. The van der Waals surface area contributed by atoms with E-state index in [1.807, 2.05) is 24.4 Å². The first-order chi connectivity index (χ1) is 13.2. The summed E-state index contributed by atoms with van der Waals surface area (Å²) in [6, 6.07) is 8.07. The van der Waals surface area contributed by atoms with E-state index in [-0.39, 0.29) is 11.8 Å². The highest BCUT2D eigenvalue weighted by molar-refractivity contribution is 5.93. The minimum atomic E-state index is -0.0272. The molecule has 6 heteroatoms. The van der Waals surface area contributed by atoms with Gasteiger partial charge in [0.05, 0.1) is 13.2 Å². The molecular weight excluding hydrogens is 340 g/mol. The number of anilines is 2. The highest BCUT2D eigenvalue weighted by Crippen LogP contribution is 2.26. The summed E-state index contributed by atoms with van der Waals surface area (Å²) < 4.78 is 5.40. The van der Waals surface area contributed by atoms with Crippen LogP contribution in [0.2, 0.25) is 0 Å². The van der Waals surface area contributed by atoms with Gasteiger partial charge >= 0.3 is 0 Å². The maximum absolute atomic E-state index is 12.7. The predicted molar refractivity (Wildman–Crippen MR) is 105 cm³/mol. The van der Waals surface area contributed by atoms with Crippen molar-refractivity contribution in [1.29, 1.82) is 0 Å². The number of ether oxygens (including phenoxy) is 1. The summed E-state index contributed by atoms with van der Waals surface area (Å²) in [4.78, 5) is 24.2. The summed E-state index contributed by atoms with van der Waals surface area (Å²) in [5.74, 6) is 0.850. The third-order valence-electron chi connectivity index (χ3n) is 5.40. The highest BCUT2D eigenvalue weighted by Gasteiger charge is 2.27. The van der Waals surface area contributed by atoms with Crippen molar-refractivity contribution in [1.82, 2.24) is 9.97 Å². The van der Waals surface area contributed by atoms with Crippen molar-refractivity contribution in [2.24, 2.45) is 5.92 Å². The molecule has 1 aliphatic heterocycles. The molecule has 0 radical (unpaired) electrons. The molecule has 2 aliphatic rings. The van der Waals surface area contributed by atoms with Crippen molar-refractivity contribution in [3.8, 4) is 0 Å². The van der Waals surface area contributed by atoms with Gasteiger partial charge < -0.3 is 15.0 Å². The zero-order valence-electron chi connectivity index (χ0n) is 15.8. The SMILES string of the molecule is CCc1cccc(NC(=O)[C@@H]2CCc3nc(N4CCOCC4)ncc3C2)c1. The van der Waals surface area contributed by atoms with E-state index in [0.717, 1.165) is 68.5 Å². The van der Waals surface area contributed by atoms with E-state index in [9.17, 15) is 4.79 Å². The average Bonchev–Trinajstić information content (AvgIpc) is 2.73. The summed E-state index contributed by atoms with van der Waals surface area (Å²) in [5, 5.41) is 3.08. The van der Waals surface area contributed by atoms with Crippen LogP contribution in [0.25, 0.3) is 0 Å². The second-order valence-corrected chi connectivity index (χ2v) is 7.22. The lowest BCUT2D eigenvalue weighted by Gasteiger charge is -2.28.